The number of likely N-dealkylation sites (tertiary alicyclic amines) is 1. The predicted octanol–water partition coefficient (Wildman–Crippen LogP) is 2.44. The van der Waals surface area contributed by atoms with E-state index in [0.29, 0.717) is 12.1 Å². The van der Waals surface area contributed by atoms with E-state index in [1.165, 1.54) is 12.8 Å². The van der Waals surface area contributed by atoms with Crippen molar-refractivity contribution in [3.63, 3.8) is 0 Å². The highest BCUT2D eigenvalue weighted by Crippen LogP contribution is 2.22. The molecule has 2 saturated heterocycles. The molecule has 4 nitrogen and oxygen atoms in total. The second-order valence-electron chi connectivity index (χ2n) is 6.37. The average Bonchev–Trinajstić information content (AvgIpc) is 2.77. The molecule has 0 aliphatic carbocycles. The molecule has 2 atom stereocenters. The first-order chi connectivity index (χ1) is 10.1. The van der Waals surface area contributed by atoms with Gasteiger partial charge >= 0.3 is 0 Å². The van der Waals surface area contributed by atoms with E-state index in [1.807, 2.05) is 43.0 Å². The van der Waals surface area contributed by atoms with Crippen LogP contribution >= 0.6 is 0 Å². The highest BCUT2D eigenvalue weighted by molar-refractivity contribution is 5.94. The first kappa shape index (κ1) is 14.4. The Morgan fingerprint density at radius 3 is 2.90 bits per heavy atom. The van der Waals surface area contributed by atoms with E-state index in [-0.39, 0.29) is 12.0 Å². The van der Waals surface area contributed by atoms with Gasteiger partial charge in [0.2, 0.25) is 0 Å². The number of carbonyl (C=O) groups is 1. The first-order valence-electron chi connectivity index (χ1n) is 7.94. The molecule has 2 aliphatic rings. The fraction of sp³-hybridized carbons (Fsp3) is 0.588. The summed E-state index contributed by atoms with van der Waals surface area (Å²) in [6.45, 7) is 5.66. The Labute approximate surface area is 126 Å². The van der Waals surface area contributed by atoms with E-state index in [1.54, 1.807) is 0 Å². The van der Waals surface area contributed by atoms with Gasteiger partial charge < -0.3 is 15.0 Å². The summed E-state index contributed by atoms with van der Waals surface area (Å²) in [4.78, 5) is 14.7. The molecule has 3 rings (SSSR count). The van der Waals surface area contributed by atoms with Gasteiger partial charge in [0.05, 0.1) is 6.10 Å². The molecule has 1 aromatic carbocycles. The molecule has 2 fully saturated rings. The number of amides is 1. The van der Waals surface area contributed by atoms with Crippen LogP contribution in [0.3, 0.4) is 0 Å². The molecule has 2 unspecified atom stereocenters. The van der Waals surface area contributed by atoms with E-state index < -0.39 is 0 Å². The van der Waals surface area contributed by atoms with Crippen LogP contribution in [-0.2, 0) is 0 Å². The van der Waals surface area contributed by atoms with Crippen LogP contribution in [0.15, 0.2) is 24.3 Å². The van der Waals surface area contributed by atoms with Crippen molar-refractivity contribution in [1.82, 2.24) is 10.2 Å². The van der Waals surface area contributed by atoms with E-state index >= 15 is 0 Å². The lowest BCUT2D eigenvalue weighted by atomic mass is 10.1. The van der Waals surface area contributed by atoms with Crippen LogP contribution in [0.5, 0.6) is 5.75 Å². The highest BCUT2D eigenvalue weighted by Gasteiger charge is 2.31. The third-order valence-electron chi connectivity index (χ3n) is 4.26. The molecule has 1 N–H and O–H groups in total. The number of hydrogen-bond donors (Lipinski definition) is 1. The third kappa shape index (κ3) is 3.38. The fourth-order valence-electron chi connectivity index (χ4n) is 3.28. The van der Waals surface area contributed by atoms with Crippen molar-refractivity contribution >= 4 is 5.91 Å². The van der Waals surface area contributed by atoms with Gasteiger partial charge in [-0.1, -0.05) is 6.07 Å². The van der Waals surface area contributed by atoms with Crippen LogP contribution in [0.4, 0.5) is 0 Å². The van der Waals surface area contributed by atoms with E-state index in [2.05, 4.69) is 5.32 Å². The summed E-state index contributed by atoms with van der Waals surface area (Å²) in [5, 5.41) is 3.61. The summed E-state index contributed by atoms with van der Waals surface area (Å²) >= 11 is 0. The van der Waals surface area contributed by atoms with Crippen LogP contribution in [0, 0.1) is 0 Å². The molecule has 1 aromatic rings. The topological polar surface area (TPSA) is 41.6 Å². The lowest BCUT2D eigenvalue weighted by Gasteiger charge is -2.24. The number of hydrogen-bond acceptors (Lipinski definition) is 3. The molecule has 0 radical (unpaired) electrons. The maximum Gasteiger partial charge on any atom is 0.254 e. The second kappa shape index (κ2) is 6.06. The Kier molecular flexibility index (Phi) is 4.15. The van der Waals surface area contributed by atoms with Crippen molar-refractivity contribution in [2.45, 2.75) is 51.3 Å². The molecule has 4 heteroatoms. The van der Waals surface area contributed by atoms with Gasteiger partial charge in [-0.05, 0) is 51.3 Å². The molecule has 0 spiro atoms. The number of rotatable bonds is 3. The van der Waals surface area contributed by atoms with Gasteiger partial charge in [-0.25, -0.2) is 0 Å². The number of benzene rings is 1. The number of nitrogens with one attached hydrogen (secondary N) is 1. The van der Waals surface area contributed by atoms with Crippen LogP contribution in [0.1, 0.15) is 43.5 Å². The van der Waals surface area contributed by atoms with Gasteiger partial charge in [0, 0.05) is 30.7 Å². The monoisotopic (exact) mass is 288 g/mol. The molecule has 0 saturated carbocycles. The van der Waals surface area contributed by atoms with E-state index in [0.717, 1.165) is 30.8 Å². The standard InChI is InChI=1S/C17H24N2O2/c1-12(2)21-16-5-3-4-13(10-16)17(20)19-9-8-14-6-7-15(11-19)18-14/h3-5,10,12,14-15,18H,6-9,11H2,1-2H3. The van der Waals surface area contributed by atoms with Gasteiger partial charge in [0.1, 0.15) is 5.75 Å². The molecule has 2 aliphatic heterocycles. The minimum absolute atomic E-state index is 0.119. The van der Waals surface area contributed by atoms with Crippen LogP contribution in [0.2, 0.25) is 0 Å². The van der Waals surface area contributed by atoms with Gasteiger partial charge in [-0.15, -0.1) is 0 Å². The summed E-state index contributed by atoms with van der Waals surface area (Å²) in [7, 11) is 0. The number of ether oxygens (including phenoxy) is 1. The van der Waals surface area contributed by atoms with Crippen LogP contribution in [-0.4, -0.2) is 42.1 Å². The predicted molar refractivity (Wildman–Crippen MR) is 82.7 cm³/mol. The van der Waals surface area contributed by atoms with Gasteiger partial charge in [0.15, 0.2) is 0 Å². The van der Waals surface area contributed by atoms with Crippen molar-refractivity contribution in [3.05, 3.63) is 29.8 Å². The lowest BCUT2D eigenvalue weighted by molar-refractivity contribution is 0.0747. The average molecular weight is 288 g/mol. The van der Waals surface area contributed by atoms with E-state index in [4.69, 9.17) is 4.74 Å². The zero-order valence-corrected chi connectivity index (χ0v) is 12.8. The van der Waals surface area contributed by atoms with Crippen LogP contribution < -0.4 is 10.1 Å². The summed E-state index contributed by atoms with van der Waals surface area (Å²) in [5.41, 5.74) is 0.728. The SMILES string of the molecule is CC(C)Oc1cccc(C(=O)N2CCC3CCC(C2)N3)c1. The zero-order valence-electron chi connectivity index (χ0n) is 12.8. The molecule has 0 aromatic heterocycles. The molecule has 2 bridgehead atoms. The largest absolute Gasteiger partial charge is 0.491 e. The smallest absolute Gasteiger partial charge is 0.254 e. The molecular weight excluding hydrogens is 264 g/mol. The van der Waals surface area contributed by atoms with Crippen molar-refractivity contribution in [2.75, 3.05) is 13.1 Å². The second-order valence-corrected chi connectivity index (χ2v) is 6.37. The molecule has 2 heterocycles. The number of nitrogens with zero attached hydrogens (tertiary/aromatic N) is 1. The molecule has 1 amide bonds. The van der Waals surface area contributed by atoms with Gasteiger partial charge in [-0.3, -0.25) is 4.79 Å². The number of carbonyl (C=O) groups excluding carboxylic acids is 1. The van der Waals surface area contributed by atoms with Crippen LogP contribution in [0.25, 0.3) is 0 Å². The normalized spacial score (nSPS) is 25.0. The van der Waals surface area contributed by atoms with Crippen molar-refractivity contribution < 1.29 is 9.53 Å². The van der Waals surface area contributed by atoms with E-state index in [9.17, 15) is 4.79 Å². The first-order valence-corrected chi connectivity index (χ1v) is 7.94. The van der Waals surface area contributed by atoms with Crippen molar-refractivity contribution in [1.29, 1.82) is 0 Å². The Morgan fingerprint density at radius 1 is 1.29 bits per heavy atom. The summed E-state index contributed by atoms with van der Waals surface area (Å²) in [6, 6.07) is 8.61. The summed E-state index contributed by atoms with van der Waals surface area (Å²) < 4.78 is 5.68. The maximum absolute atomic E-state index is 12.7. The van der Waals surface area contributed by atoms with Crippen molar-refractivity contribution in [3.8, 4) is 5.75 Å². The Morgan fingerprint density at radius 2 is 2.10 bits per heavy atom. The quantitative estimate of drug-likeness (QED) is 0.929. The van der Waals surface area contributed by atoms with Gasteiger partial charge in [0.25, 0.3) is 5.91 Å². The number of fused-ring (bicyclic) bond motifs is 2. The zero-order chi connectivity index (χ0) is 14.8. The van der Waals surface area contributed by atoms with Crippen molar-refractivity contribution in [2.24, 2.45) is 0 Å². The fourth-order valence-corrected chi connectivity index (χ4v) is 3.28. The minimum Gasteiger partial charge on any atom is -0.491 e. The summed E-state index contributed by atoms with van der Waals surface area (Å²) in [6.07, 6.45) is 3.62. The maximum atomic E-state index is 12.7. The van der Waals surface area contributed by atoms with Gasteiger partial charge in [-0.2, -0.15) is 0 Å². The highest BCUT2D eigenvalue weighted by atomic mass is 16.5. The molecular formula is C17H24N2O2. The Balaban J connectivity index is 1.72. The minimum atomic E-state index is 0.119. The molecule has 114 valence electrons. The summed E-state index contributed by atoms with van der Waals surface area (Å²) in [5.74, 6) is 0.892. The lowest BCUT2D eigenvalue weighted by Crippen LogP contribution is -2.39. The Hall–Kier alpha value is -1.55. The Bertz CT molecular complexity index is 515. The third-order valence-corrected chi connectivity index (χ3v) is 4.26. The molecule has 21 heavy (non-hydrogen) atoms.